The van der Waals surface area contributed by atoms with Crippen molar-refractivity contribution in [2.45, 2.75) is 50.1 Å². The molecule has 0 bridgehead atoms. The van der Waals surface area contributed by atoms with E-state index in [0.717, 1.165) is 36.3 Å². The zero-order valence-electron chi connectivity index (χ0n) is 12.8. The van der Waals surface area contributed by atoms with Crippen molar-refractivity contribution in [3.63, 3.8) is 0 Å². The Bertz CT molecular complexity index is 260. The van der Waals surface area contributed by atoms with E-state index in [4.69, 9.17) is 4.12 Å². The van der Waals surface area contributed by atoms with Crippen LogP contribution in [-0.2, 0) is 4.12 Å². The van der Waals surface area contributed by atoms with Crippen LogP contribution in [0, 0.1) is 0 Å². The summed E-state index contributed by atoms with van der Waals surface area (Å²) in [5, 5.41) is 0. The van der Waals surface area contributed by atoms with E-state index in [1.54, 1.807) is 0 Å². The molecule has 0 aliphatic heterocycles. The molecule has 0 aromatic heterocycles. The van der Waals surface area contributed by atoms with Gasteiger partial charge in [-0.3, -0.25) is 0 Å². The molecule has 0 radical (unpaired) electrons. The molecule has 0 unspecified atom stereocenters. The number of hydrogen-bond donors (Lipinski definition) is 0. The van der Waals surface area contributed by atoms with Crippen molar-refractivity contribution in [1.82, 2.24) is 0 Å². The number of rotatable bonds is 12. The first-order valence-corrected chi connectivity index (χ1v) is 12.3. The van der Waals surface area contributed by atoms with Crippen LogP contribution in [0.3, 0.4) is 0 Å². The molecule has 108 valence electrons. The second kappa shape index (κ2) is 9.29. The van der Waals surface area contributed by atoms with Gasteiger partial charge in [-0.25, -0.2) is 0 Å². The van der Waals surface area contributed by atoms with E-state index in [1.165, 1.54) is 0 Å². The second-order valence-corrected chi connectivity index (χ2v) is 13.7. The number of hydrogen-bond acceptors (Lipinski definition) is 1. The largest absolute Gasteiger partial charge is 0.454 e. The Labute approximate surface area is 122 Å². The van der Waals surface area contributed by atoms with Gasteiger partial charge >= 0.3 is 0 Å². The van der Waals surface area contributed by atoms with Gasteiger partial charge in [0.05, 0.1) is 0 Å². The summed E-state index contributed by atoms with van der Waals surface area (Å²) in [5.74, 6) is 0. The molecule has 0 aliphatic carbocycles. The molecule has 0 amide bonds. The van der Waals surface area contributed by atoms with E-state index in [1.807, 2.05) is 24.3 Å². The quantitative estimate of drug-likeness (QED) is 0.332. The lowest BCUT2D eigenvalue weighted by Gasteiger charge is -2.40. The number of allylic oxidation sites excluding steroid dienone is 4. The fraction of sp³-hybridized carbons (Fsp3) is 0.500. The van der Waals surface area contributed by atoms with E-state index >= 15 is 0 Å². The summed E-state index contributed by atoms with van der Waals surface area (Å²) in [6, 6.07) is 6.29. The predicted octanol–water partition coefficient (Wildman–Crippen LogP) is 5.68. The summed E-state index contributed by atoms with van der Waals surface area (Å²) in [7, 11) is -3.54. The predicted molar refractivity (Wildman–Crippen MR) is 93.6 cm³/mol. The van der Waals surface area contributed by atoms with Gasteiger partial charge in [0.25, 0.3) is 0 Å². The standard InChI is InChI=1S/C16H30OSi2/c1-7-13-18(11-5,14-8-2)17-19(12-6,15-9-3)16-10-4/h7-10H,1-4,11-16H2,5-6H3. The minimum absolute atomic E-state index is 1.01. The van der Waals surface area contributed by atoms with Gasteiger partial charge in [-0.2, -0.15) is 0 Å². The molecule has 0 saturated heterocycles. The molecule has 0 saturated carbocycles. The average molecular weight is 295 g/mol. The maximum Gasteiger partial charge on any atom is 0.186 e. The van der Waals surface area contributed by atoms with Crippen molar-refractivity contribution in [2.75, 3.05) is 0 Å². The Balaban J connectivity index is 5.29. The van der Waals surface area contributed by atoms with Gasteiger partial charge in [0.15, 0.2) is 16.6 Å². The van der Waals surface area contributed by atoms with Crippen molar-refractivity contribution in [3.8, 4) is 0 Å². The molecule has 0 aromatic carbocycles. The van der Waals surface area contributed by atoms with Crippen LogP contribution in [0.25, 0.3) is 0 Å². The average Bonchev–Trinajstić information content (AvgIpc) is 2.39. The molecule has 0 rings (SSSR count). The van der Waals surface area contributed by atoms with Gasteiger partial charge in [-0.15, -0.1) is 26.3 Å². The highest BCUT2D eigenvalue weighted by atomic mass is 28.4. The summed E-state index contributed by atoms with van der Waals surface area (Å²) >= 11 is 0. The van der Waals surface area contributed by atoms with Crippen LogP contribution in [0.1, 0.15) is 13.8 Å². The third kappa shape index (κ3) is 5.47. The fourth-order valence-electron chi connectivity index (χ4n) is 2.57. The van der Waals surface area contributed by atoms with Crippen LogP contribution in [0.15, 0.2) is 50.6 Å². The van der Waals surface area contributed by atoms with Gasteiger partial charge < -0.3 is 4.12 Å². The first-order chi connectivity index (χ1) is 9.07. The monoisotopic (exact) mass is 294 g/mol. The maximum absolute atomic E-state index is 6.88. The van der Waals surface area contributed by atoms with Gasteiger partial charge in [0, 0.05) is 0 Å². The SMILES string of the molecule is C=CC[Si](CC)(CC=C)O[Si](CC)(CC=C)CC=C. The third-order valence-corrected chi connectivity index (χ3v) is 14.0. The summed E-state index contributed by atoms with van der Waals surface area (Å²) in [6.07, 6.45) is 8.09. The lowest BCUT2D eigenvalue weighted by Crippen LogP contribution is -2.50. The molecule has 0 N–H and O–H groups in total. The first kappa shape index (κ1) is 18.4. The minimum Gasteiger partial charge on any atom is -0.454 e. The molecule has 0 heterocycles. The summed E-state index contributed by atoms with van der Waals surface area (Å²) in [4.78, 5) is 0. The van der Waals surface area contributed by atoms with Crippen molar-refractivity contribution < 1.29 is 4.12 Å². The minimum atomic E-state index is -1.77. The Hall–Kier alpha value is -0.646. The molecule has 0 aliphatic rings. The third-order valence-electron chi connectivity index (χ3n) is 3.79. The van der Waals surface area contributed by atoms with Gasteiger partial charge in [0.2, 0.25) is 0 Å². The highest BCUT2D eigenvalue weighted by Gasteiger charge is 2.40. The Morgan fingerprint density at radius 3 is 1.11 bits per heavy atom. The van der Waals surface area contributed by atoms with E-state index in [0.29, 0.717) is 0 Å². The van der Waals surface area contributed by atoms with Gasteiger partial charge in [0.1, 0.15) is 0 Å². The van der Waals surface area contributed by atoms with Crippen LogP contribution in [0.5, 0.6) is 0 Å². The van der Waals surface area contributed by atoms with Crippen molar-refractivity contribution in [2.24, 2.45) is 0 Å². The zero-order valence-corrected chi connectivity index (χ0v) is 14.8. The molecule has 0 fully saturated rings. The summed E-state index contributed by atoms with van der Waals surface area (Å²) in [6.45, 7) is 20.2. The molecule has 1 nitrogen and oxygen atoms in total. The van der Waals surface area contributed by atoms with E-state index in [2.05, 4.69) is 40.2 Å². The smallest absolute Gasteiger partial charge is 0.186 e. The van der Waals surface area contributed by atoms with Crippen molar-refractivity contribution in [1.29, 1.82) is 0 Å². The van der Waals surface area contributed by atoms with Crippen LogP contribution < -0.4 is 0 Å². The Morgan fingerprint density at radius 2 is 0.947 bits per heavy atom. The van der Waals surface area contributed by atoms with Gasteiger partial charge in [-0.05, 0) is 36.3 Å². The summed E-state index contributed by atoms with van der Waals surface area (Å²) < 4.78 is 6.88. The molecule has 19 heavy (non-hydrogen) atoms. The van der Waals surface area contributed by atoms with Gasteiger partial charge in [-0.1, -0.05) is 38.2 Å². The van der Waals surface area contributed by atoms with Crippen LogP contribution in [-0.4, -0.2) is 16.6 Å². The molecule has 0 atom stereocenters. The molecule has 3 heteroatoms. The lowest BCUT2D eigenvalue weighted by molar-refractivity contribution is 0.521. The molecular formula is C16H30OSi2. The molecular weight excluding hydrogens is 264 g/mol. The normalized spacial score (nSPS) is 11.9. The van der Waals surface area contributed by atoms with E-state index < -0.39 is 16.6 Å². The van der Waals surface area contributed by atoms with Crippen LogP contribution in [0.4, 0.5) is 0 Å². The fourth-order valence-corrected chi connectivity index (χ4v) is 12.3. The van der Waals surface area contributed by atoms with Crippen LogP contribution >= 0.6 is 0 Å². The highest BCUT2D eigenvalue weighted by Crippen LogP contribution is 2.33. The first-order valence-electron chi connectivity index (χ1n) is 7.21. The molecule has 0 spiro atoms. The van der Waals surface area contributed by atoms with Crippen molar-refractivity contribution in [3.05, 3.63) is 50.6 Å². The molecule has 0 aromatic rings. The second-order valence-electron chi connectivity index (χ2n) is 5.15. The zero-order chi connectivity index (χ0) is 14.8. The van der Waals surface area contributed by atoms with E-state index in [9.17, 15) is 0 Å². The Morgan fingerprint density at radius 1 is 0.684 bits per heavy atom. The Kier molecular flexibility index (Phi) is 8.97. The topological polar surface area (TPSA) is 9.23 Å². The summed E-state index contributed by atoms with van der Waals surface area (Å²) in [5.41, 5.74) is 0. The van der Waals surface area contributed by atoms with Crippen LogP contribution in [0.2, 0.25) is 36.3 Å². The van der Waals surface area contributed by atoms with E-state index in [-0.39, 0.29) is 0 Å². The lowest BCUT2D eigenvalue weighted by atomic mass is 10.7. The van der Waals surface area contributed by atoms with Crippen molar-refractivity contribution >= 4 is 16.6 Å². The maximum atomic E-state index is 6.88. The highest BCUT2D eigenvalue weighted by molar-refractivity contribution is 6.88.